The SMILES string of the molecule is Cc1ccc(C(C)NS(=O)(=O)c2cnn(CCO)c2)o1. The highest BCUT2D eigenvalue weighted by atomic mass is 32.2. The lowest BCUT2D eigenvalue weighted by atomic mass is 10.3. The molecule has 2 aromatic heterocycles. The number of sulfonamides is 1. The molecule has 0 saturated heterocycles. The highest BCUT2D eigenvalue weighted by Gasteiger charge is 2.21. The van der Waals surface area contributed by atoms with E-state index in [1.807, 2.05) is 0 Å². The number of nitrogens with zero attached hydrogens (tertiary/aromatic N) is 2. The van der Waals surface area contributed by atoms with Gasteiger partial charge in [-0.3, -0.25) is 4.68 Å². The molecule has 0 aromatic carbocycles. The number of aliphatic hydroxyl groups is 1. The Bertz CT molecular complexity index is 674. The molecule has 1 unspecified atom stereocenters. The molecule has 2 aromatic rings. The monoisotopic (exact) mass is 299 g/mol. The number of aromatic nitrogens is 2. The topological polar surface area (TPSA) is 97.4 Å². The third kappa shape index (κ3) is 3.27. The third-order valence-electron chi connectivity index (χ3n) is 2.77. The maximum absolute atomic E-state index is 12.2. The zero-order valence-electron chi connectivity index (χ0n) is 11.3. The van der Waals surface area contributed by atoms with Crippen molar-refractivity contribution in [1.82, 2.24) is 14.5 Å². The van der Waals surface area contributed by atoms with Crippen molar-refractivity contribution in [2.75, 3.05) is 6.61 Å². The van der Waals surface area contributed by atoms with E-state index in [-0.39, 0.29) is 18.0 Å². The van der Waals surface area contributed by atoms with Crippen LogP contribution in [0, 0.1) is 6.92 Å². The molecule has 0 amide bonds. The zero-order valence-corrected chi connectivity index (χ0v) is 12.1. The van der Waals surface area contributed by atoms with Gasteiger partial charge in [0.25, 0.3) is 0 Å². The molecule has 1 atom stereocenters. The molecule has 0 aliphatic heterocycles. The van der Waals surface area contributed by atoms with Crippen molar-refractivity contribution in [3.63, 3.8) is 0 Å². The molecule has 2 rings (SSSR count). The predicted molar refractivity (Wildman–Crippen MR) is 71.5 cm³/mol. The number of hydrogen-bond acceptors (Lipinski definition) is 5. The molecule has 20 heavy (non-hydrogen) atoms. The van der Waals surface area contributed by atoms with Gasteiger partial charge in [-0.1, -0.05) is 0 Å². The summed E-state index contributed by atoms with van der Waals surface area (Å²) in [5.41, 5.74) is 0. The standard InChI is InChI=1S/C12H17N3O4S/c1-9-3-4-12(19-9)10(2)14-20(17,18)11-7-13-15(8-11)5-6-16/h3-4,7-8,10,14,16H,5-6H2,1-2H3. The van der Waals surface area contributed by atoms with E-state index >= 15 is 0 Å². The van der Waals surface area contributed by atoms with E-state index in [9.17, 15) is 8.42 Å². The number of nitrogens with one attached hydrogen (secondary N) is 1. The van der Waals surface area contributed by atoms with Crippen LogP contribution >= 0.6 is 0 Å². The van der Waals surface area contributed by atoms with Gasteiger partial charge >= 0.3 is 0 Å². The molecule has 7 nitrogen and oxygen atoms in total. The van der Waals surface area contributed by atoms with Gasteiger partial charge in [0, 0.05) is 6.20 Å². The van der Waals surface area contributed by atoms with Crippen LogP contribution in [0.1, 0.15) is 24.5 Å². The Morgan fingerprint density at radius 3 is 2.85 bits per heavy atom. The second kappa shape index (κ2) is 5.78. The number of aryl methyl sites for hydroxylation is 1. The molecule has 0 aliphatic carbocycles. The van der Waals surface area contributed by atoms with Crippen molar-refractivity contribution in [3.8, 4) is 0 Å². The van der Waals surface area contributed by atoms with Crippen LogP contribution in [0.5, 0.6) is 0 Å². The van der Waals surface area contributed by atoms with Crippen LogP contribution in [0.25, 0.3) is 0 Å². The fourth-order valence-corrected chi connectivity index (χ4v) is 2.92. The van der Waals surface area contributed by atoms with Crippen molar-refractivity contribution in [2.45, 2.75) is 31.3 Å². The summed E-state index contributed by atoms with van der Waals surface area (Å²) in [5, 5.41) is 12.7. The van der Waals surface area contributed by atoms with E-state index in [4.69, 9.17) is 9.52 Å². The minimum Gasteiger partial charge on any atom is -0.465 e. The van der Waals surface area contributed by atoms with Gasteiger partial charge < -0.3 is 9.52 Å². The van der Waals surface area contributed by atoms with Gasteiger partial charge in [-0.15, -0.1) is 0 Å². The minimum atomic E-state index is -3.67. The van der Waals surface area contributed by atoms with Crippen LogP contribution in [-0.4, -0.2) is 29.9 Å². The first-order valence-corrected chi connectivity index (χ1v) is 7.62. The Hall–Kier alpha value is -1.64. The Morgan fingerprint density at radius 2 is 2.25 bits per heavy atom. The summed E-state index contributed by atoms with van der Waals surface area (Å²) >= 11 is 0. The number of hydrogen-bond donors (Lipinski definition) is 2. The van der Waals surface area contributed by atoms with E-state index in [1.165, 1.54) is 17.1 Å². The molecule has 2 N–H and O–H groups in total. The molecule has 0 spiro atoms. The summed E-state index contributed by atoms with van der Waals surface area (Å²) < 4.78 is 33.6. The Labute approximate surface area is 117 Å². The van der Waals surface area contributed by atoms with Gasteiger partial charge in [-0.2, -0.15) is 5.10 Å². The Balaban J connectivity index is 2.13. The fourth-order valence-electron chi connectivity index (χ4n) is 1.75. The second-order valence-electron chi connectivity index (χ2n) is 4.45. The summed E-state index contributed by atoms with van der Waals surface area (Å²) in [6, 6.07) is 3.03. The maximum Gasteiger partial charge on any atom is 0.244 e. The van der Waals surface area contributed by atoms with Gasteiger partial charge in [-0.25, -0.2) is 13.1 Å². The lowest BCUT2D eigenvalue weighted by molar-refractivity contribution is 0.269. The van der Waals surface area contributed by atoms with E-state index < -0.39 is 16.1 Å². The van der Waals surface area contributed by atoms with E-state index in [0.717, 1.165) is 5.76 Å². The molecule has 2 heterocycles. The van der Waals surface area contributed by atoms with Crippen molar-refractivity contribution >= 4 is 10.0 Å². The quantitative estimate of drug-likeness (QED) is 0.823. The number of aliphatic hydroxyl groups excluding tert-OH is 1. The smallest absolute Gasteiger partial charge is 0.244 e. The van der Waals surface area contributed by atoms with Crippen LogP contribution in [0.2, 0.25) is 0 Å². The number of furan rings is 1. The molecular weight excluding hydrogens is 282 g/mol. The van der Waals surface area contributed by atoms with Gasteiger partial charge in [0.05, 0.1) is 25.4 Å². The maximum atomic E-state index is 12.2. The summed E-state index contributed by atoms with van der Waals surface area (Å²) in [5.74, 6) is 1.27. The van der Waals surface area contributed by atoms with Crippen LogP contribution in [0.4, 0.5) is 0 Å². The highest BCUT2D eigenvalue weighted by Crippen LogP contribution is 2.18. The predicted octanol–water partition coefficient (Wildman–Crippen LogP) is 0.816. The first kappa shape index (κ1) is 14.8. The zero-order chi connectivity index (χ0) is 14.8. The van der Waals surface area contributed by atoms with Crippen molar-refractivity contribution in [2.24, 2.45) is 0 Å². The lowest BCUT2D eigenvalue weighted by Gasteiger charge is -2.10. The van der Waals surface area contributed by atoms with Gasteiger partial charge in [0.15, 0.2) is 0 Å². The van der Waals surface area contributed by atoms with Gasteiger partial charge in [-0.05, 0) is 26.0 Å². The summed E-state index contributed by atoms with van der Waals surface area (Å²) in [4.78, 5) is 0.0566. The molecule has 0 radical (unpaired) electrons. The average molecular weight is 299 g/mol. The molecule has 8 heteroatoms. The van der Waals surface area contributed by atoms with Crippen molar-refractivity contribution in [3.05, 3.63) is 36.0 Å². The normalized spacial score (nSPS) is 13.6. The third-order valence-corrected chi connectivity index (χ3v) is 4.26. The van der Waals surface area contributed by atoms with E-state index in [1.54, 1.807) is 26.0 Å². The molecular formula is C12H17N3O4S. The van der Waals surface area contributed by atoms with Crippen molar-refractivity contribution in [1.29, 1.82) is 0 Å². The average Bonchev–Trinajstić information content (AvgIpc) is 2.98. The highest BCUT2D eigenvalue weighted by molar-refractivity contribution is 7.89. The summed E-state index contributed by atoms with van der Waals surface area (Å²) in [6.45, 7) is 3.65. The first-order valence-electron chi connectivity index (χ1n) is 6.14. The van der Waals surface area contributed by atoms with Crippen molar-refractivity contribution < 1.29 is 17.9 Å². The molecule has 110 valence electrons. The minimum absolute atomic E-state index is 0.0566. The largest absolute Gasteiger partial charge is 0.465 e. The second-order valence-corrected chi connectivity index (χ2v) is 6.17. The van der Waals surface area contributed by atoms with Gasteiger partial charge in [0.2, 0.25) is 10.0 Å². The first-order chi connectivity index (χ1) is 9.42. The molecule has 0 fully saturated rings. The molecule has 0 bridgehead atoms. The lowest BCUT2D eigenvalue weighted by Crippen LogP contribution is -2.26. The number of rotatable bonds is 6. The fraction of sp³-hybridized carbons (Fsp3) is 0.417. The summed E-state index contributed by atoms with van der Waals surface area (Å²) in [6.07, 6.45) is 2.62. The molecule has 0 saturated carbocycles. The van der Waals surface area contributed by atoms with Crippen LogP contribution in [0.3, 0.4) is 0 Å². The molecule has 0 aliphatic rings. The van der Waals surface area contributed by atoms with Crippen LogP contribution < -0.4 is 4.72 Å². The Morgan fingerprint density at radius 1 is 1.50 bits per heavy atom. The van der Waals surface area contributed by atoms with Gasteiger partial charge in [0.1, 0.15) is 16.4 Å². The van der Waals surface area contributed by atoms with E-state index in [2.05, 4.69) is 9.82 Å². The summed E-state index contributed by atoms with van der Waals surface area (Å²) in [7, 11) is -3.67. The van der Waals surface area contributed by atoms with E-state index in [0.29, 0.717) is 5.76 Å². The van der Waals surface area contributed by atoms with Crippen LogP contribution in [0.15, 0.2) is 33.8 Å². The Kier molecular flexibility index (Phi) is 4.26. The van der Waals surface area contributed by atoms with Crippen LogP contribution in [-0.2, 0) is 16.6 Å².